The Morgan fingerprint density at radius 1 is 1.22 bits per heavy atom. The third-order valence-corrected chi connectivity index (χ3v) is 5.52. The number of fused-ring (bicyclic) bond motifs is 2. The summed E-state index contributed by atoms with van der Waals surface area (Å²) in [5, 5.41) is 7.46. The average Bonchev–Trinajstić information content (AvgIpc) is 3.40. The Kier molecular flexibility index (Phi) is 4.97. The van der Waals surface area contributed by atoms with Gasteiger partial charge in [-0.25, -0.2) is 14.5 Å². The third kappa shape index (κ3) is 3.75. The molecule has 1 aliphatic heterocycles. The molecule has 1 N–H and O–H groups in total. The predicted octanol–water partition coefficient (Wildman–Crippen LogP) is 3.61. The molecule has 0 bridgehead atoms. The minimum absolute atomic E-state index is 0.140. The van der Waals surface area contributed by atoms with Crippen LogP contribution in [0.5, 0.6) is 11.5 Å². The number of rotatable bonds is 5. The number of hydrogen-bond donors (Lipinski definition) is 1. The molecule has 0 spiro atoms. The van der Waals surface area contributed by atoms with Gasteiger partial charge in [0.05, 0.1) is 18.8 Å². The van der Waals surface area contributed by atoms with E-state index in [4.69, 9.17) is 9.47 Å². The second-order valence-corrected chi connectivity index (χ2v) is 7.93. The summed E-state index contributed by atoms with van der Waals surface area (Å²) in [6.45, 7) is 3.88. The number of hydrogen-bond acceptors (Lipinski definition) is 6. The van der Waals surface area contributed by atoms with Gasteiger partial charge in [0, 0.05) is 23.6 Å². The highest BCUT2D eigenvalue weighted by Gasteiger charge is 2.22. The third-order valence-electron chi connectivity index (χ3n) is 5.52. The number of aromatic nitrogens is 4. The molecule has 2 aromatic heterocycles. The number of carbonyl (C=O) groups is 1. The van der Waals surface area contributed by atoms with Gasteiger partial charge in [-0.15, -0.1) is 5.10 Å². The Morgan fingerprint density at radius 2 is 2.03 bits per heavy atom. The Bertz CT molecular complexity index is 1300. The molecular weight excluding hydrogens is 406 g/mol. The zero-order valence-electron chi connectivity index (χ0n) is 18.1. The molecular formula is C24H23N5O3. The van der Waals surface area contributed by atoms with E-state index in [9.17, 15) is 4.79 Å². The monoisotopic (exact) mass is 429 g/mol. The van der Waals surface area contributed by atoms with E-state index in [1.54, 1.807) is 24.0 Å². The van der Waals surface area contributed by atoms with Crippen LogP contribution in [-0.4, -0.2) is 38.7 Å². The summed E-state index contributed by atoms with van der Waals surface area (Å²) >= 11 is 0. The van der Waals surface area contributed by atoms with Crippen LogP contribution < -0.4 is 14.8 Å². The van der Waals surface area contributed by atoms with Crippen LogP contribution in [0.25, 0.3) is 16.9 Å². The van der Waals surface area contributed by atoms with Crippen LogP contribution in [0.3, 0.4) is 0 Å². The first-order chi connectivity index (χ1) is 15.5. The van der Waals surface area contributed by atoms with Gasteiger partial charge in [-0.3, -0.25) is 4.79 Å². The van der Waals surface area contributed by atoms with E-state index in [0.717, 1.165) is 34.7 Å². The van der Waals surface area contributed by atoms with Crippen molar-refractivity contribution < 1.29 is 14.3 Å². The van der Waals surface area contributed by atoms with Gasteiger partial charge in [0.2, 0.25) is 0 Å². The topological polar surface area (TPSA) is 90.6 Å². The summed E-state index contributed by atoms with van der Waals surface area (Å²) in [6, 6.07) is 14.7. The summed E-state index contributed by atoms with van der Waals surface area (Å²) in [5.41, 5.74) is 4.05. The SMILES string of the molecule is COc1ccc(-c2cc3nc([C@H](C)NC(=O)c4ccc5c(c4)CC(C)O5)nn3cn2)cc1. The van der Waals surface area contributed by atoms with Gasteiger partial charge in [0.15, 0.2) is 11.5 Å². The van der Waals surface area contributed by atoms with Crippen LogP contribution in [-0.2, 0) is 6.42 Å². The highest BCUT2D eigenvalue weighted by atomic mass is 16.5. The first-order valence-electron chi connectivity index (χ1n) is 10.5. The summed E-state index contributed by atoms with van der Waals surface area (Å²) < 4.78 is 12.5. The first-order valence-corrected chi connectivity index (χ1v) is 10.5. The van der Waals surface area contributed by atoms with E-state index in [1.807, 2.05) is 56.3 Å². The van der Waals surface area contributed by atoms with Crippen molar-refractivity contribution in [2.45, 2.75) is 32.4 Å². The minimum Gasteiger partial charge on any atom is -0.497 e. The van der Waals surface area contributed by atoms with Crippen molar-refractivity contribution in [1.29, 1.82) is 0 Å². The molecule has 8 nitrogen and oxygen atoms in total. The van der Waals surface area contributed by atoms with E-state index >= 15 is 0 Å². The first kappa shape index (κ1) is 20.0. The lowest BCUT2D eigenvalue weighted by Gasteiger charge is -2.11. The van der Waals surface area contributed by atoms with Crippen molar-refractivity contribution >= 4 is 11.6 Å². The molecule has 162 valence electrons. The molecule has 32 heavy (non-hydrogen) atoms. The summed E-state index contributed by atoms with van der Waals surface area (Å²) in [7, 11) is 1.64. The number of nitrogens with one attached hydrogen (secondary N) is 1. The number of amides is 1. The largest absolute Gasteiger partial charge is 0.497 e. The van der Waals surface area contributed by atoms with Gasteiger partial charge < -0.3 is 14.8 Å². The summed E-state index contributed by atoms with van der Waals surface area (Å²) in [4.78, 5) is 21.9. The van der Waals surface area contributed by atoms with Crippen LogP contribution in [0.4, 0.5) is 0 Å². The number of methoxy groups -OCH3 is 1. The number of benzene rings is 2. The molecule has 8 heteroatoms. The van der Waals surface area contributed by atoms with E-state index in [1.165, 1.54) is 0 Å². The van der Waals surface area contributed by atoms with Crippen molar-refractivity contribution in [2.24, 2.45) is 0 Å². The maximum atomic E-state index is 12.8. The smallest absolute Gasteiger partial charge is 0.251 e. The maximum Gasteiger partial charge on any atom is 0.251 e. The number of nitrogens with zero attached hydrogens (tertiary/aromatic N) is 4. The average molecular weight is 429 g/mol. The van der Waals surface area contributed by atoms with E-state index in [2.05, 4.69) is 20.4 Å². The highest BCUT2D eigenvalue weighted by molar-refractivity contribution is 5.94. The van der Waals surface area contributed by atoms with Crippen LogP contribution in [0.15, 0.2) is 54.9 Å². The molecule has 2 atom stereocenters. The second kappa shape index (κ2) is 7.96. The van der Waals surface area contributed by atoms with Gasteiger partial charge in [0.1, 0.15) is 23.9 Å². The van der Waals surface area contributed by atoms with Crippen molar-refractivity contribution in [3.05, 3.63) is 71.8 Å². The maximum absolute atomic E-state index is 12.8. The molecule has 0 fully saturated rings. The molecule has 2 aromatic carbocycles. The lowest BCUT2D eigenvalue weighted by Crippen LogP contribution is -2.27. The van der Waals surface area contributed by atoms with Gasteiger partial charge in [-0.2, -0.15) is 0 Å². The fourth-order valence-corrected chi connectivity index (χ4v) is 3.82. The molecule has 0 aliphatic carbocycles. The van der Waals surface area contributed by atoms with Crippen molar-refractivity contribution in [1.82, 2.24) is 24.9 Å². The fraction of sp³-hybridized carbons (Fsp3) is 0.250. The van der Waals surface area contributed by atoms with Crippen molar-refractivity contribution in [3.8, 4) is 22.8 Å². The standard InChI is InChI=1S/C24H23N5O3/c1-14-10-18-11-17(6-9-21(18)32-14)24(30)26-15(2)23-27-22-12-20(25-13-29(22)28-23)16-4-7-19(31-3)8-5-16/h4-9,11-15H,10H2,1-3H3,(H,26,30)/t14?,15-/m0/s1. The van der Waals surface area contributed by atoms with E-state index in [0.29, 0.717) is 17.0 Å². The lowest BCUT2D eigenvalue weighted by atomic mass is 10.1. The van der Waals surface area contributed by atoms with Crippen LogP contribution in [0.2, 0.25) is 0 Å². The molecule has 0 saturated carbocycles. The molecule has 1 amide bonds. The van der Waals surface area contributed by atoms with Crippen molar-refractivity contribution in [3.63, 3.8) is 0 Å². The minimum atomic E-state index is -0.365. The Hall–Kier alpha value is -3.94. The zero-order valence-corrected chi connectivity index (χ0v) is 18.1. The molecule has 4 aromatic rings. The summed E-state index contributed by atoms with van der Waals surface area (Å²) in [5.74, 6) is 1.99. The Morgan fingerprint density at radius 3 is 2.81 bits per heavy atom. The predicted molar refractivity (Wildman–Crippen MR) is 119 cm³/mol. The Labute approximate surface area is 185 Å². The van der Waals surface area contributed by atoms with E-state index in [-0.39, 0.29) is 18.1 Å². The normalized spacial score (nSPS) is 15.8. The molecule has 1 unspecified atom stereocenters. The number of ether oxygens (including phenoxy) is 2. The number of carbonyl (C=O) groups excluding carboxylic acids is 1. The second-order valence-electron chi connectivity index (χ2n) is 7.93. The lowest BCUT2D eigenvalue weighted by molar-refractivity contribution is 0.0938. The van der Waals surface area contributed by atoms with Gasteiger partial charge in [0.25, 0.3) is 5.91 Å². The quantitative estimate of drug-likeness (QED) is 0.521. The van der Waals surface area contributed by atoms with Gasteiger partial charge in [-0.05, 0) is 61.9 Å². The molecule has 1 aliphatic rings. The van der Waals surface area contributed by atoms with E-state index < -0.39 is 0 Å². The van der Waals surface area contributed by atoms with Crippen LogP contribution in [0.1, 0.15) is 41.6 Å². The molecule has 0 radical (unpaired) electrons. The molecule has 3 heterocycles. The zero-order chi connectivity index (χ0) is 22.2. The van der Waals surface area contributed by atoms with Crippen LogP contribution in [0, 0.1) is 0 Å². The fourth-order valence-electron chi connectivity index (χ4n) is 3.82. The van der Waals surface area contributed by atoms with Crippen molar-refractivity contribution in [2.75, 3.05) is 7.11 Å². The summed E-state index contributed by atoms with van der Waals surface area (Å²) in [6.07, 6.45) is 2.58. The van der Waals surface area contributed by atoms with Gasteiger partial charge in [-0.1, -0.05) is 0 Å². The highest BCUT2D eigenvalue weighted by Crippen LogP contribution is 2.29. The Balaban J connectivity index is 1.34. The van der Waals surface area contributed by atoms with Gasteiger partial charge >= 0.3 is 0 Å². The molecule has 0 saturated heterocycles. The van der Waals surface area contributed by atoms with Crippen LogP contribution >= 0.6 is 0 Å². The molecule has 5 rings (SSSR count).